The van der Waals surface area contributed by atoms with Crippen molar-refractivity contribution in [2.45, 2.75) is 59.0 Å². The first-order valence-corrected chi connectivity index (χ1v) is 9.51. The zero-order valence-electron chi connectivity index (χ0n) is 16.0. The summed E-state index contributed by atoms with van der Waals surface area (Å²) in [5.41, 5.74) is 1.03. The number of nitrogens with zero attached hydrogens (tertiary/aromatic N) is 4. The highest BCUT2D eigenvalue weighted by atomic mass is 16.3. The minimum atomic E-state index is -0.320. The summed E-state index contributed by atoms with van der Waals surface area (Å²) in [5, 5.41) is 30.2. The zero-order chi connectivity index (χ0) is 19.6. The van der Waals surface area contributed by atoms with Gasteiger partial charge in [-0.3, -0.25) is 9.25 Å². The van der Waals surface area contributed by atoms with Gasteiger partial charge in [0.1, 0.15) is 0 Å². The van der Waals surface area contributed by atoms with Crippen LogP contribution in [0.1, 0.15) is 46.0 Å². The van der Waals surface area contributed by atoms with E-state index in [1.54, 1.807) is 29.3 Å². The van der Waals surface area contributed by atoms with Crippen molar-refractivity contribution in [2.75, 3.05) is 0 Å². The molecule has 1 aliphatic rings. The van der Waals surface area contributed by atoms with Crippen molar-refractivity contribution in [2.24, 2.45) is 11.8 Å². The normalized spacial score (nSPS) is 16.4. The molecule has 0 unspecified atom stereocenters. The molecule has 3 N–H and O–H groups in total. The smallest absolute Gasteiger partial charge is 0.335 e. The molecule has 27 heavy (non-hydrogen) atoms. The van der Waals surface area contributed by atoms with Crippen molar-refractivity contribution in [3.05, 3.63) is 29.1 Å². The molecule has 146 valence electrons. The molecule has 0 spiro atoms. The van der Waals surface area contributed by atoms with Crippen molar-refractivity contribution in [1.29, 1.82) is 10.8 Å². The maximum Gasteiger partial charge on any atom is 0.335 e. The molecule has 8 nitrogen and oxygen atoms in total. The third-order valence-electron chi connectivity index (χ3n) is 5.41. The number of rotatable bonds is 7. The molecule has 0 saturated heterocycles. The summed E-state index contributed by atoms with van der Waals surface area (Å²) in [7, 11) is 0. The highest BCUT2D eigenvalue weighted by molar-refractivity contribution is 6.02. The molecule has 0 aliphatic heterocycles. The average molecular weight is 372 g/mol. The Labute approximate surface area is 158 Å². The van der Waals surface area contributed by atoms with E-state index in [0.717, 1.165) is 12.8 Å². The largest absolute Gasteiger partial charge is 0.493 e. The molecule has 0 amide bonds. The summed E-state index contributed by atoms with van der Waals surface area (Å²) in [6, 6.07) is 0. The van der Waals surface area contributed by atoms with Crippen LogP contribution in [0.25, 0.3) is 5.69 Å². The Hall–Kier alpha value is -2.64. The van der Waals surface area contributed by atoms with E-state index in [0.29, 0.717) is 36.1 Å². The molecule has 2 aromatic heterocycles. The van der Waals surface area contributed by atoms with Gasteiger partial charge in [-0.2, -0.15) is 5.10 Å². The van der Waals surface area contributed by atoms with E-state index in [1.807, 2.05) is 0 Å². The van der Waals surface area contributed by atoms with Crippen LogP contribution >= 0.6 is 0 Å². The molecule has 0 radical (unpaired) electrons. The predicted octanol–water partition coefficient (Wildman–Crippen LogP) is 2.82. The Kier molecular flexibility index (Phi) is 5.62. The molecule has 3 rings (SSSR count). The Balaban J connectivity index is 1.81. The third-order valence-corrected chi connectivity index (χ3v) is 5.41. The third kappa shape index (κ3) is 4.20. The monoisotopic (exact) mass is 372 g/mol. The fourth-order valence-electron chi connectivity index (χ4n) is 3.85. The summed E-state index contributed by atoms with van der Waals surface area (Å²) >= 11 is 0. The number of nitrogens with one attached hydrogen (secondary N) is 2. The minimum Gasteiger partial charge on any atom is -0.493 e. The SMILES string of the molecule is CC(=N)C(Cn1cc(-n2c(O)cn(CC3CCCCC3)c2=O)cn1)C(C)=N. The predicted molar refractivity (Wildman–Crippen MR) is 104 cm³/mol. The molecule has 0 atom stereocenters. The lowest BCUT2D eigenvalue weighted by molar-refractivity contribution is 0.316. The molecule has 0 bridgehead atoms. The Morgan fingerprint density at radius 1 is 1.22 bits per heavy atom. The van der Waals surface area contributed by atoms with E-state index >= 15 is 0 Å². The van der Waals surface area contributed by atoms with Crippen molar-refractivity contribution in [1.82, 2.24) is 18.9 Å². The van der Waals surface area contributed by atoms with Crippen LogP contribution in [-0.2, 0) is 13.1 Å². The molecule has 2 heterocycles. The lowest BCUT2D eigenvalue weighted by Crippen LogP contribution is -2.26. The maximum absolute atomic E-state index is 12.8. The zero-order valence-corrected chi connectivity index (χ0v) is 16.0. The first-order valence-electron chi connectivity index (χ1n) is 9.51. The Morgan fingerprint density at radius 2 is 1.89 bits per heavy atom. The lowest BCUT2D eigenvalue weighted by atomic mass is 9.89. The summed E-state index contributed by atoms with van der Waals surface area (Å²) in [6.45, 7) is 4.35. The number of aromatic nitrogens is 4. The van der Waals surface area contributed by atoms with E-state index in [-0.39, 0.29) is 17.5 Å². The number of aromatic hydroxyl groups is 1. The molecule has 8 heteroatoms. The topological polar surface area (TPSA) is 113 Å². The van der Waals surface area contributed by atoms with Crippen molar-refractivity contribution in [3.63, 3.8) is 0 Å². The van der Waals surface area contributed by atoms with E-state index in [2.05, 4.69) is 5.10 Å². The summed E-state index contributed by atoms with van der Waals surface area (Å²) in [4.78, 5) is 12.8. The Morgan fingerprint density at radius 3 is 2.52 bits per heavy atom. The summed E-state index contributed by atoms with van der Waals surface area (Å²) in [6.07, 6.45) is 10.6. The Bertz CT molecular complexity index is 870. The van der Waals surface area contributed by atoms with Gasteiger partial charge in [-0.05, 0) is 32.6 Å². The van der Waals surface area contributed by atoms with Crippen molar-refractivity contribution < 1.29 is 5.11 Å². The molecule has 2 aromatic rings. The van der Waals surface area contributed by atoms with Crippen LogP contribution < -0.4 is 5.69 Å². The van der Waals surface area contributed by atoms with Gasteiger partial charge in [-0.1, -0.05) is 19.3 Å². The molecular formula is C19H28N6O2. The summed E-state index contributed by atoms with van der Waals surface area (Å²) in [5.74, 6) is 0.0682. The van der Waals surface area contributed by atoms with Crippen LogP contribution in [-0.4, -0.2) is 35.4 Å². The average Bonchev–Trinajstić information content (AvgIpc) is 3.17. The van der Waals surface area contributed by atoms with E-state index < -0.39 is 0 Å². The fourth-order valence-corrected chi connectivity index (χ4v) is 3.85. The molecule has 0 aromatic carbocycles. The minimum absolute atomic E-state index is 0.0987. The van der Waals surface area contributed by atoms with E-state index in [1.165, 1.54) is 36.2 Å². The van der Waals surface area contributed by atoms with Gasteiger partial charge < -0.3 is 15.9 Å². The van der Waals surface area contributed by atoms with Crippen molar-refractivity contribution in [3.8, 4) is 11.6 Å². The van der Waals surface area contributed by atoms with Crippen LogP contribution in [0.4, 0.5) is 0 Å². The van der Waals surface area contributed by atoms with E-state index in [4.69, 9.17) is 10.8 Å². The van der Waals surface area contributed by atoms with E-state index in [9.17, 15) is 9.90 Å². The van der Waals surface area contributed by atoms with Gasteiger partial charge in [0, 0.05) is 24.2 Å². The van der Waals surface area contributed by atoms with Gasteiger partial charge >= 0.3 is 5.69 Å². The van der Waals surface area contributed by atoms with Crippen LogP contribution in [0.5, 0.6) is 5.88 Å². The molecule has 1 aliphatic carbocycles. The van der Waals surface area contributed by atoms with Crippen molar-refractivity contribution >= 4 is 11.4 Å². The van der Waals surface area contributed by atoms with Crippen LogP contribution in [0.3, 0.4) is 0 Å². The molecule has 1 saturated carbocycles. The van der Waals surface area contributed by atoms with Crippen LogP contribution in [0.2, 0.25) is 0 Å². The number of imidazole rings is 1. The van der Waals surface area contributed by atoms with Gasteiger partial charge in [-0.15, -0.1) is 0 Å². The molecule has 1 fully saturated rings. The van der Waals surface area contributed by atoms with Crippen LogP contribution in [0, 0.1) is 22.7 Å². The highest BCUT2D eigenvalue weighted by Gasteiger charge is 2.20. The second-order valence-corrected chi connectivity index (χ2v) is 7.60. The quantitative estimate of drug-likeness (QED) is 0.649. The first-order chi connectivity index (χ1) is 12.9. The first kappa shape index (κ1) is 19.1. The maximum atomic E-state index is 12.8. The number of hydrogen-bond acceptors (Lipinski definition) is 5. The van der Waals surface area contributed by atoms with Gasteiger partial charge in [0.05, 0.1) is 30.5 Å². The molecular weight excluding hydrogens is 344 g/mol. The fraction of sp³-hybridized carbons (Fsp3) is 0.579. The number of hydrogen-bond donors (Lipinski definition) is 3. The van der Waals surface area contributed by atoms with Crippen LogP contribution in [0.15, 0.2) is 23.4 Å². The second-order valence-electron chi connectivity index (χ2n) is 7.60. The van der Waals surface area contributed by atoms with Gasteiger partial charge in [0.2, 0.25) is 5.88 Å². The lowest BCUT2D eigenvalue weighted by Gasteiger charge is -2.21. The second kappa shape index (κ2) is 7.94. The van der Waals surface area contributed by atoms with Gasteiger partial charge in [0.15, 0.2) is 0 Å². The standard InChI is InChI=1S/C19H28N6O2/c1-13(20)17(14(2)21)11-24-10-16(8-22-24)25-18(26)12-23(19(25)27)9-15-6-4-3-5-7-15/h8,10,12,15,17,20-21,26H,3-7,9,11H2,1-2H3. The summed E-state index contributed by atoms with van der Waals surface area (Å²) < 4.78 is 4.46. The van der Waals surface area contributed by atoms with Gasteiger partial charge in [0.25, 0.3) is 0 Å². The van der Waals surface area contributed by atoms with Gasteiger partial charge in [-0.25, -0.2) is 9.36 Å². The highest BCUT2D eigenvalue weighted by Crippen LogP contribution is 2.25.